The summed E-state index contributed by atoms with van der Waals surface area (Å²) < 4.78 is 40.0. The number of sulfonamides is 1. The zero-order valence-electron chi connectivity index (χ0n) is 13.0. The molecule has 0 radical (unpaired) electrons. The van der Waals surface area contributed by atoms with Gasteiger partial charge in [0, 0.05) is 13.1 Å². The van der Waals surface area contributed by atoms with Gasteiger partial charge in [0.1, 0.15) is 5.82 Å². The molecule has 1 aliphatic rings. The Hall–Kier alpha value is -2.23. The van der Waals surface area contributed by atoms with Crippen molar-refractivity contribution in [2.75, 3.05) is 13.1 Å². The number of hydrogen-bond donors (Lipinski definition) is 0. The molecule has 1 aliphatic heterocycles. The molecular weight excluding hydrogens is 327 g/mol. The molecule has 2 aromatic rings. The largest absolute Gasteiger partial charge is 0.218 e. The van der Waals surface area contributed by atoms with Crippen molar-refractivity contribution in [3.63, 3.8) is 0 Å². The summed E-state index contributed by atoms with van der Waals surface area (Å²) in [6.07, 6.45) is 0.681. The summed E-state index contributed by atoms with van der Waals surface area (Å²) >= 11 is 0. The minimum Gasteiger partial charge on any atom is -0.212 e. The minimum atomic E-state index is -3.46. The molecule has 0 aromatic heterocycles. The van der Waals surface area contributed by atoms with Crippen molar-refractivity contribution in [2.24, 2.45) is 0 Å². The number of nitrogens with zero attached hydrogens (tertiary/aromatic N) is 2. The molecule has 0 saturated carbocycles. The number of hydrogen-bond acceptors (Lipinski definition) is 3. The summed E-state index contributed by atoms with van der Waals surface area (Å²) in [5.74, 6) is -0.415. The van der Waals surface area contributed by atoms with E-state index in [1.165, 1.54) is 16.4 Å². The highest BCUT2D eigenvalue weighted by Gasteiger charge is 2.32. The van der Waals surface area contributed by atoms with Gasteiger partial charge in [-0.1, -0.05) is 24.3 Å². The Morgan fingerprint density at radius 2 is 2.00 bits per heavy atom. The smallest absolute Gasteiger partial charge is 0.212 e. The summed E-state index contributed by atoms with van der Waals surface area (Å²) in [5.41, 5.74) is 1.88. The third kappa shape index (κ3) is 3.64. The first-order valence-corrected chi connectivity index (χ1v) is 9.31. The van der Waals surface area contributed by atoms with Gasteiger partial charge >= 0.3 is 0 Å². The summed E-state index contributed by atoms with van der Waals surface area (Å²) in [4.78, 5) is 0. The molecule has 0 amide bonds. The van der Waals surface area contributed by atoms with Gasteiger partial charge in [-0.25, -0.2) is 17.1 Å². The normalized spacial score (nSPS) is 18.4. The molecular formula is C18H17FN2O2S. The van der Waals surface area contributed by atoms with Crippen LogP contribution in [0.1, 0.15) is 29.0 Å². The van der Waals surface area contributed by atoms with Crippen LogP contribution < -0.4 is 0 Å². The highest BCUT2D eigenvalue weighted by molar-refractivity contribution is 7.88. The average Bonchev–Trinajstić information content (AvgIpc) is 3.05. The average molecular weight is 344 g/mol. The van der Waals surface area contributed by atoms with Crippen molar-refractivity contribution < 1.29 is 12.8 Å². The summed E-state index contributed by atoms with van der Waals surface area (Å²) in [6, 6.07) is 15.0. The van der Waals surface area contributed by atoms with E-state index >= 15 is 0 Å². The van der Waals surface area contributed by atoms with Crippen LogP contribution in [0.15, 0.2) is 48.5 Å². The van der Waals surface area contributed by atoms with Gasteiger partial charge < -0.3 is 0 Å². The fraction of sp³-hybridized carbons (Fsp3) is 0.278. The van der Waals surface area contributed by atoms with Crippen molar-refractivity contribution in [1.29, 1.82) is 5.26 Å². The van der Waals surface area contributed by atoms with E-state index < -0.39 is 10.0 Å². The van der Waals surface area contributed by atoms with E-state index in [1.54, 1.807) is 30.3 Å². The number of halogens is 1. The van der Waals surface area contributed by atoms with Crippen molar-refractivity contribution >= 4 is 10.0 Å². The lowest BCUT2D eigenvalue weighted by molar-refractivity contribution is 0.472. The second kappa shape index (κ2) is 6.71. The van der Waals surface area contributed by atoms with Gasteiger partial charge in [0.2, 0.25) is 10.0 Å². The van der Waals surface area contributed by atoms with Gasteiger partial charge in [0.05, 0.1) is 17.4 Å². The van der Waals surface area contributed by atoms with Crippen LogP contribution in [0.3, 0.4) is 0 Å². The summed E-state index contributed by atoms with van der Waals surface area (Å²) in [5, 5.41) is 8.91. The fourth-order valence-corrected chi connectivity index (χ4v) is 4.62. The standard InChI is InChI=1S/C18H17FN2O2S/c19-18-6-2-5-16(10-18)17-7-8-21(12-17)24(22,23)13-15-4-1-3-14(9-15)11-20/h1-6,9-10,17H,7-8,12-13H2. The number of rotatable bonds is 4. The third-order valence-corrected chi connectivity index (χ3v) is 6.09. The van der Waals surface area contributed by atoms with E-state index in [9.17, 15) is 12.8 Å². The number of nitriles is 1. The topological polar surface area (TPSA) is 61.2 Å². The van der Waals surface area contributed by atoms with Crippen LogP contribution >= 0.6 is 0 Å². The number of benzene rings is 2. The van der Waals surface area contributed by atoms with E-state index in [1.807, 2.05) is 12.1 Å². The van der Waals surface area contributed by atoms with Gasteiger partial charge in [0.25, 0.3) is 0 Å². The van der Waals surface area contributed by atoms with Crippen LogP contribution in [-0.2, 0) is 15.8 Å². The first-order valence-electron chi connectivity index (χ1n) is 7.70. The molecule has 0 bridgehead atoms. The molecule has 4 nitrogen and oxygen atoms in total. The predicted molar refractivity (Wildman–Crippen MR) is 89.1 cm³/mol. The second-order valence-corrected chi connectivity index (χ2v) is 7.94. The van der Waals surface area contributed by atoms with E-state index in [0.717, 1.165) is 5.56 Å². The lowest BCUT2D eigenvalue weighted by Gasteiger charge is -2.17. The Kier molecular flexibility index (Phi) is 4.65. The Bertz CT molecular complexity index is 890. The lowest BCUT2D eigenvalue weighted by atomic mass is 9.99. The zero-order valence-corrected chi connectivity index (χ0v) is 13.8. The van der Waals surface area contributed by atoms with Gasteiger partial charge in [-0.05, 0) is 47.7 Å². The second-order valence-electron chi connectivity index (χ2n) is 5.97. The van der Waals surface area contributed by atoms with Crippen molar-refractivity contribution in [1.82, 2.24) is 4.31 Å². The van der Waals surface area contributed by atoms with Crippen molar-refractivity contribution in [2.45, 2.75) is 18.1 Å². The molecule has 1 atom stereocenters. The van der Waals surface area contributed by atoms with E-state index in [0.29, 0.717) is 30.6 Å². The maximum absolute atomic E-state index is 13.4. The molecule has 1 unspecified atom stereocenters. The Morgan fingerprint density at radius 3 is 2.75 bits per heavy atom. The maximum Gasteiger partial charge on any atom is 0.218 e. The summed E-state index contributed by atoms with van der Waals surface area (Å²) in [6.45, 7) is 0.797. The molecule has 24 heavy (non-hydrogen) atoms. The SMILES string of the molecule is N#Cc1cccc(CS(=O)(=O)N2CCC(c3cccc(F)c3)C2)c1. The Morgan fingerprint density at radius 1 is 1.21 bits per heavy atom. The molecule has 124 valence electrons. The van der Waals surface area contributed by atoms with Crippen LogP contribution in [0.4, 0.5) is 4.39 Å². The van der Waals surface area contributed by atoms with Crippen LogP contribution in [0.25, 0.3) is 0 Å². The fourth-order valence-electron chi connectivity index (χ4n) is 3.05. The molecule has 3 rings (SSSR count). The molecule has 6 heteroatoms. The van der Waals surface area contributed by atoms with Gasteiger partial charge in [-0.15, -0.1) is 0 Å². The van der Waals surface area contributed by atoms with E-state index in [2.05, 4.69) is 0 Å². The van der Waals surface area contributed by atoms with Crippen LogP contribution in [0.5, 0.6) is 0 Å². The molecule has 0 aliphatic carbocycles. The minimum absolute atomic E-state index is 0.0147. The monoisotopic (exact) mass is 344 g/mol. The van der Waals surface area contributed by atoms with Gasteiger partial charge in [-0.2, -0.15) is 5.26 Å². The zero-order chi connectivity index (χ0) is 17.2. The third-order valence-electron chi connectivity index (χ3n) is 4.27. The van der Waals surface area contributed by atoms with Gasteiger partial charge in [-0.3, -0.25) is 0 Å². The van der Waals surface area contributed by atoms with E-state index in [4.69, 9.17) is 5.26 Å². The molecule has 2 aromatic carbocycles. The van der Waals surface area contributed by atoms with Crippen molar-refractivity contribution in [3.05, 3.63) is 71.0 Å². The van der Waals surface area contributed by atoms with Gasteiger partial charge in [0.15, 0.2) is 0 Å². The Balaban J connectivity index is 1.73. The summed E-state index contributed by atoms with van der Waals surface area (Å²) in [7, 11) is -3.46. The quantitative estimate of drug-likeness (QED) is 0.856. The molecule has 1 heterocycles. The maximum atomic E-state index is 13.4. The molecule has 1 fully saturated rings. The lowest BCUT2D eigenvalue weighted by Crippen LogP contribution is -2.29. The first kappa shape index (κ1) is 16.6. The van der Waals surface area contributed by atoms with E-state index in [-0.39, 0.29) is 17.5 Å². The predicted octanol–water partition coefficient (Wildman–Crippen LogP) is 3.02. The van der Waals surface area contributed by atoms with Crippen molar-refractivity contribution in [3.8, 4) is 6.07 Å². The molecule has 0 N–H and O–H groups in total. The van der Waals surface area contributed by atoms with Crippen LogP contribution in [-0.4, -0.2) is 25.8 Å². The molecule has 0 spiro atoms. The molecule has 1 saturated heterocycles. The highest BCUT2D eigenvalue weighted by atomic mass is 32.2. The first-order chi connectivity index (χ1) is 11.5. The van der Waals surface area contributed by atoms with Crippen LogP contribution in [0.2, 0.25) is 0 Å². The highest BCUT2D eigenvalue weighted by Crippen LogP contribution is 2.30. The van der Waals surface area contributed by atoms with Crippen LogP contribution in [0, 0.1) is 17.1 Å². The Labute approximate surface area is 141 Å².